The number of hydrogen-bond acceptors (Lipinski definition) is 3. The summed E-state index contributed by atoms with van der Waals surface area (Å²) in [6.07, 6.45) is 3.73. The second-order valence-electron chi connectivity index (χ2n) is 4.24. The van der Waals surface area contributed by atoms with E-state index in [9.17, 15) is 5.11 Å². The van der Waals surface area contributed by atoms with Gasteiger partial charge in [0.2, 0.25) is 0 Å². The predicted molar refractivity (Wildman–Crippen MR) is 62.7 cm³/mol. The third-order valence-corrected chi connectivity index (χ3v) is 3.02. The van der Waals surface area contributed by atoms with Crippen molar-refractivity contribution >= 4 is 11.4 Å². The highest BCUT2D eigenvalue weighted by atomic mass is 16.3. The van der Waals surface area contributed by atoms with Gasteiger partial charge in [0.05, 0.1) is 17.5 Å². The fourth-order valence-electron chi connectivity index (χ4n) is 2.07. The molecule has 0 heterocycles. The normalized spacial score (nSPS) is 26.2. The van der Waals surface area contributed by atoms with Crippen LogP contribution in [0.5, 0.6) is 0 Å². The first-order chi connectivity index (χ1) is 7.25. The number of para-hydroxylation sites is 2. The molecule has 1 aliphatic rings. The Bertz CT molecular complexity index is 319. The maximum absolute atomic E-state index is 9.40. The average Bonchev–Trinajstić information content (AvgIpc) is 2.25. The summed E-state index contributed by atoms with van der Waals surface area (Å²) in [5.41, 5.74) is 7.66. The smallest absolute Gasteiger partial charge is 0.0576 e. The number of benzene rings is 1. The lowest BCUT2D eigenvalue weighted by atomic mass is 9.93. The molecule has 1 aromatic rings. The van der Waals surface area contributed by atoms with Crippen molar-refractivity contribution in [3.8, 4) is 0 Å². The molecular weight excluding hydrogens is 188 g/mol. The number of nitrogens with two attached hydrogens (primary N) is 1. The fraction of sp³-hybridized carbons (Fsp3) is 0.500. The number of anilines is 2. The van der Waals surface area contributed by atoms with Crippen LogP contribution in [0.2, 0.25) is 0 Å². The van der Waals surface area contributed by atoms with Gasteiger partial charge in [-0.15, -0.1) is 0 Å². The van der Waals surface area contributed by atoms with E-state index in [1.165, 1.54) is 0 Å². The summed E-state index contributed by atoms with van der Waals surface area (Å²) in [5.74, 6) is 0. The Labute approximate surface area is 90.3 Å². The standard InChI is InChI=1S/C12H18N2O/c13-11-3-1-2-4-12(11)14-9-5-7-10(15)8-6-9/h1-4,9-10,14-15H,5-8,13H2/t9-,10+. The first kappa shape index (κ1) is 10.3. The predicted octanol–water partition coefficient (Wildman–Crippen LogP) is 1.98. The van der Waals surface area contributed by atoms with Crippen molar-refractivity contribution in [2.45, 2.75) is 37.8 Å². The fourth-order valence-corrected chi connectivity index (χ4v) is 2.07. The molecule has 1 aromatic carbocycles. The summed E-state index contributed by atoms with van der Waals surface area (Å²) in [6, 6.07) is 8.28. The summed E-state index contributed by atoms with van der Waals surface area (Å²) in [4.78, 5) is 0. The Morgan fingerprint density at radius 2 is 1.80 bits per heavy atom. The van der Waals surface area contributed by atoms with Gasteiger partial charge in [0.15, 0.2) is 0 Å². The maximum Gasteiger partial charge on any atom is 0.0576 e. The lowest BCUT2D eigenvalue weighted by Crippen LogP contribution is -2.28. The summed E-state index contributed by atoms with van der Waals surface area (Å²) in [7, 11) is 0. The third-order valence-electron chi connectivity index (χ3n) is 3.02. The molecule has 0 spiro atoms. The Morgan fingerprint density at radius 1 is 1.13 bits per heavy atom. The first-order valence-electron chi connectivity index (χ1n) is 5.55. The Balaban J connectivity index is 1.95. The van der Waals surface area contributed by atoms with Crippen molar-refractivity contribution in [1.29, 1.82) is 0 Å². The van der Waals surface area contributed by atoms with Crippen LogP contribution in [0.4, 0.5) is 11.4 Å². The van der Waals surface area contributed by atoms with Gasteiger partial charge in [0.25, 0.3) is 0 Å². The topological polar surface area (TPSA) is 58.3 Å². The largest absolute Gasteiger partial charge is 0.397 e. The average molecular weight is 206 g/mol. The van der Waals surface area contributed by atoms with Crippen LogP contribution in [0, 0.1) is 0 Å². The summed E-state index contributed by atoms with van der Waals surface area (Å²) in [6.45, 7) is 0. The van der Waals surface area contributed by atoms with Crippen LogP contribution in [-0.4, -0.2) is 17.3 Å². The molecule has 0 atom stereocenters. The molecule has 82 valence electrons. The lowest BCUT2D eigenvalue weighted by molar-refractivity contribution is 0.126. The molecule has 0 amide bonds. The van der Waals surface area contributed by atoms with Crippen LogP contribution in [0.3, 0.4) is 0 Å². The minimum atomic E-state index is -0.101. The van der Waals surface area contributed by atoms with E-state index in [0.29, 0.717) is 6.04 Å². The highest BCUT2D eigenvalue weighted by Crippen LogP contribution is 2.24. The molecule has 2 rings (SSSR count). The van der Waals surface area contributed by atoms with Gasteiger partial charge < -0.3 is 16.2 Å². The second-order valence-corrected chi connectivity index (χ2v) is 4.24. The minimum Gasteiger partial charge on any atom is -0.397 e. The molecule has 15 heavy (non-hydrogen) atoms. The highest BCUT2D eigenvalue weighted by Gasteiger charge is 2.19. The van der Waals surface area contributed by atoms with Crippen molar-refractivity contribution < 1.29 is 5.11 Å². The quantitative estimate of drug-likeness (QED) is 0.648. The van der Waals surface area contributed by atoms with Gasteiger partial charge in [-0.3, -0.25) is 0 Å². The van der Waals surface area contributed by atoms with Crippen LogP contribution in [0.15, 0.2) is 24.3 Å². The van der Waals surface area contributed by atoms with E-state index in [0.717, 1.165) is 37.1 Å². The Hall–Kier alpha value is -1.22. The minimum absolute atomic E-state index is 0.101. The van der Waals surface area contributed by atoms with Crippen LogP contribution in [0.1, 0.15) is 25.7 Å². The van der Waals surface area contributed by atoms with Crippen LogP contribution < -0.4 is 11.1 Å². The molecule has 4 N–H and O–H groups in total. The number of aliphatic hydroxyl groups is 1. The monoisotopic (exact) mass is 206 g/mol. The zero-order chi connectivity index (χ0) is 10.7. The molecule has 0 radical (unpaired) electrons. The first-order valence-corrected chi connectivity index (χ1v) is 5.55. The summed E-state index contributed by atoms with van der Waals surface area (Å²) < 4.78 is 0. The maximum atomic E-state index is 9.40. The van der Waals surface area contributed by atoms with E-state index in [-0.39, 0.29) is 6.10 Å². The van der Waals surface area contributed by atoms with E-state index in [4.69, 9.17) is 5.73 Å². The van der Waals surface area contributed by atoms with Gasteiger partial charge in [0, 0.05) is 6.04 Å². The second kappa shape index (κ2) is 4.53. The van der Waals surface area contributed by atoms with E-state index >= 15 is 0 Å². The summed E-state index contributed by atoms with van der Waals surface area (Å²) in [5, 5.41) is 12.8. The number of rotatable bonds is 2. The Morgan fingerprint density at radius 3 is 2.47 bits per heavy atom. The van der Waals surface area contributed by atoms with Crippen molar-refractivity contribution in [2.24, 2.45) is 0 Å². The molecule has 3 nitrogen and oxygen atoms in total. The van der Waals surface area contributed by atoms with Crippen molar-refractivity contribution in [2.75, 3.05) is 11.1 Å². The molecule has 1 saturated carbocycles. The van der Waals surface area contributed by atoms with E-state index < -0.39 is 0 Å². The molecule has 0 unspecified atom stereocenters. The van der Waals surface area contributed by atoms with Gasteiger partial charge in [-0.2, -0.15) is 0 Å². The van der Waals surface area contributed by atoms with Gasteiger partial charge in [-0.1, -0.05) is 12.1 Å². The van der Waals surface area contributed by atoms with Crippen LogP contribution in [-0.2, 0) is 0 Å². The summed E-state index contributed by atoms with van der Waals surface area (Å²) >= 11 is 0. The molecule has 0 bridgehead atoms. The van der Waals surface area contributed by atoms with E-state index in [1.54, 1.807) is 0 Å². The van der Waals surface area contributed by atoms with Gasteiger partial charge in [-0.05, 0) is 37.8 Å². The number of aliphatic hydroxyl groups excluding tert-OH is 1. The lowest BCUT2D eigenvalue weighted by Gasteiger charge is -2.27. The van der Waals surface area contributed by atoms with Gasteiger partial charge >= 0.3 is 0 Å². The number of nitrogen functional groups attached to an aromatic ring is 1. The number of hydrogen-bond donors (Lipinski definition) is 3. The zero-order valence-corrected chi connectivity index (χ0v) is 8.82. The molecule has 0 saturated heterocycles. The van der Waals surface area contributed by atoms with Crippen molar-refractivity contribution in [1.82, 2.24) is 0 Å². The van der Waals surface area contributed by atoms with Crippen LogP contribution >= 0.6 is 0 Å². The zero-order valence-electron chi connectivity index (χ0n) is 8.82. The SMILES string of the molecule is Nc1ccccc1N[C@H]1CC[C@@H](O)CC1. The van der Waals surface area contributed by atoms with Gasteiger partial charge in [-0.25, -0.2) is 0 Å². The van der Waals surface area contributed by atoms with Gasteiger partial charge in [0.1, 0.15) is 0 Å². The van der Waals surface area contributed by atoms with E-state index in [1.807, 2.05) is 24.3 Å². The van der Waals surface area contributed by atoms with Crippen molar-refractivity contribution in [3.63, 3.8) is 0 Å². The number of nitrogens with one attached hydrogen (secondary N) is 1. The molecule has 1 fully saturated rings. The Kier molecular flexibility index (Phi) is 3.11. The van der Waals surface area contributed by atoms with Crippen molar-refractivity contribution in [3.05, 3.63) is 24.3 Å². The molecule has 3 heteroatoms. The third kappa shape index (κ3) is 2.63. The molecule has 0 aromatic heterocycles. The molecule has 0 aliphatic heterocycles. The molecule has 1 aliphatic carbocycles. The molecular formula is C12H18N2O. The highest BCUT2D eigenvalue weighted by molar-refractivity contribution is 5.65. The van der Waals surface area contributed by atoms with E-state index in [2.05, 4.69) is 5.32 Å². The van der Waals surface area contributed by atoms with Crippen LogP contribution in [0.25, 0.3) is 0 Å².